The van der Waals surface area contributed by atoms with Gasteiger partial charge in [0.2, 0.25) is 0 Å². The number of nitrogens with one attached hydrogen (secondary N) is 2. The number of rotatable bonds is 5. The summed E-state index contributed by atoms with van der Waals surface area (Å²) in [6.45, 7) is 0.408. The van der Waals surface area contributed by atoms with Gasteiger partial charge in [-0.2, -0.15) is 0 Å². The zero-order chi connectivity index (χ0) is 17.6. The molecule has 0 saturated heterocycles. The summed E-state index contributed by atoms with van der Waals surface area (Å²) in [5.74, 6) is 1.44. The van der Waals surface area contributed by atoms with Crippen LogP contribution in [-0.2, 0) is 6.54 Å². The molecule has 2 amide bonds. The smallest absolute Gasteiger partial charge is 0.319 e. The van der Waals surface area contributed by atoms with E-state index in [4.69, 9.17) is 9.47 Å². The van der Waals surface area contributed by atoms with Crippen LogP contribution in [0.15, 0.2) is 54.7 Å². The van der Waals surface area contributed by atoms with Gasteiger partial charge in [0, 0.05) is 24.2 Å². The van der Waals surface area contributed by atoms with E-state index in [0.29, 0.717) is 23.5 Å². The molecule has 1 aromatic heterocycles. The van der Waals surface area contributed by atoms with Crippen LogP contribution in [0.1, 0.15) is 5.56 Å². The number of ether oxygens (including phenoxy) is 2. The van der Waals surface area contributed by atoms with Gasteiger partial charge in [-0.15, -0.1) is 0 Å². The quantitative estimate of drug-likeness (QED) is 0.746. The Hall–Kier alpha value is -3.28. The summed E-state index contributed by atoms with van der Waals surface area (Å²) in [7, 11) is 3.21. The molecule has 0 aliphatic carbocycles. The fourth-order valence-electron chi connectivity index (χ4n) is 2.47. The van der Waals surface area contributed by atoms with Gasteiger partial charge in [-0.1, -0.05) is 18.2 Å². The fraction of sp³-hybridized carbons (Fsp3) is 0.158. The number of aromatic nitrogens is 1. The van der Waals surface area contributed by atoms with Crippen LogP contribution in [0.25, 0.3) is 10.9 Å². The molecule has 2 aromatic carbocycles. The summed E-state index contributed by atoms with van der Waals surface area (Å²) in [5, 5.41) is 6.56. The average Bonchev–Trinajstić information content (AvgIpc) is 2.66. The Kier molecular flexibility index (Phi) is 4.99. The van der Waals surface area contributed by atoms with Crippen LogP contribution in [0.2, 0.25) is 0 Å². The summed E-state index contributed by atoms with van der Waals surface area (Å²) in [5.41, 5.74) is 2.29. The lowest BCUT2D eigenvalue weighted by atomic mass is 10.2. The molecule has 0 fully saturated rings. The van der Waals surface area contributed by atoms with Gasteiger partial charge in [0.1, 0.15) is 11.5 Å². The molecular weight excluding hydrogens is 318 g/mol. The molecule has 0 unspecified atom stereocenters. The van der Waals surface area contributed by atoms with Crippen molar-refractivity contribution in [3.63, 3.8) is 0 Å². The zero-order valence-corrected chi connectivity index (χ0v) is 14.1. The number of nitrogens with zero attached hydrogens (tertiary/aromatic N) is 1. The molecule has 6 nitrogen and oxygen atoms in total. The van der Waals surface area contributed by atoms with Crippen molar-refractivity contribution in [3.8, 4) is 11.5 Å². The minimum absolute atomic E-state index is 0.309. The van der Waals surface area contributed by atoms with E-state index in [2.05, 4.69) is 15.6 Å². The number of carbonyl (C=O) groups is 1. The number of hydrogen-bond acceptors (Lipinski definition) is 4. The predicted octanol–water partition coefficient (Wildman–Crippen LogP) is 3.57. The number of hydrogen-bond donors (Lipinski definition) is 2. The topological polar surface area (TPSA) is 72.5 Å². The highest BCUT2D eigenvalue weighted by Gasteiger charge is 2.09. The lowest BCUT2D eigenvalue weighted by Crippen LogP contribution is -2.28. The Bertz CT molecular complexity index is 879. The highest BCUT2D eigenvalue weighted by Crippen LogP contribution is 2.27. The first-order valence-electron chi connectivity index (χ1n) is 7.80. The van der Waals surface area contributed by atoms with Crippen LogP contribution in [0.3, 0.4) is 0 Å². The van der Waals surface area contributed by atoms with E-state index < -0.39 is 0 Å². The molecule has 0 radical (unpaired) electrons. The third-order valence-electron chi connectivity index (χ3n) is 3.77. The van der Waals surface area contributed by atoms with Crippen molar-refractivity contribution in [2.75, 3.05) is 19.5 Å². The van der Waals surface area contributed by atoms with E-state index in [-0.39, 0.29) is 6.03 Å². The standard InChI is InChI=1S/C19H19N3O3/c1-24-15-7-5-13(6-8-15)12-21-19(23)22-17-11-16(25-2)10-14-4-3-9-20-18(14)17/h3-11H,12H2,1-2H3,(H2,21,22,23). The fourth-order valence-corrected chi connectivity index (χ4v) is 2.47. The molecular formula is C19H19N3O3. The lowest BCUT2D eigenvalue weighted by molar-refractivity contribution is 0.252. The van der Waals surface area contributed by atoms with Crippen LogP contribution in [0.4, 0.5) is 10.5 Å². The van der Waals surface area contributed by atoms with Gasteiger partial charge >= 0.3 is 6.03 Å². The molecule has 25 heavy (non-hydrogen) atoms. The van der Waals surface area contributed by atoms with E-state index in [1.807, 2.05) is 42.5 Å². The second-order valence-corrected chi connectivity index (χ2v) is 5.41. The highest BCUT2D eigenvalue weighted by molar-refractivity contribution is 6.00. The molecule has 1 heterocycles. The SMILES string of the molecule is COc1ccc(CNC(=O)Nc2cc(OC)cc3cccnc23)cc1. The third kappa shape index (κ3) is 3.98. The van der Waals surface area contributed by atoms with Gasteiger partial charge in [-0.05, 0) is 29.8 Å². The molecule has 0 aliphatic rings. The van der Waals surface area contributed by atoms with Crippen LogP contribution < -0.4 is 20.1 Å². The number of anilines is 1. The molecule has 0 aliphatic heterocycles. The Balaban J connectivity index is 1.70. The Morgan fingerprint density at radius 1 is 1.04 bits per heavy atom. The molecule has 128 valence electrons. The number of methoxy groups -OCH3 is 2. The molecule has 0 bridgehead atoms. The zero-order valence-electron chi connectivity index (χ0n) is 14.1. The van der Waals surface area contributed by atoms with Gasteiger partial charge in [0.25, 0.3) is 0 Å². The van der Waals surface area contributed by atoms with Gasteiger partial charge in [0.15, 0.2) is 0 Å². The van der Waals surface area contributed by atoms with Crippen LogP contribution in [-0.4, -0.2) is 25.2 Å². The molecule has 3 rings (SSSR count). The molecule has 3 aromatic rings. The molecule has 6 heteroatoms. The van der Waals surface area contributed by atoms with Crippen molar-refractivity contribution in [3.05, 3.63) is 60.3 Å². The van der Waals surface area contributed by atoms with Crippen molar-refractivity contribution in [2.45, 2.75) is 6.54 Å². The lowest BCUT2D eigenvalue weighted by Gasteiger charge is -2.11. The summed E-state index contributed by atoms with van der Waals surface area (Å²) in [6, 6.07) is 14.6. The minimum atomic E-state index is -0.309. The van der Waals surface area contributed by atoms with Gasteiger partial charge in [-0.25, -0.2) is 4.79 Å². The van der Waals surface area contributed by atoms with Crippen LogP contribution in [0, 0.1) is 0 Å². The first-order chi connectivity index (χ1) is 12.2. The number of benzene rings is 2. The van der Waals surface area contributed by atoms with Gasteiger partial charge in [0.05, 0.1) is 25.4 Å². The first kappa shape index (κ1) is 16.6. The number of fused-ring (bicyclic) bond motifs is 1. The van der Waals surface area contributed by atoms with Crippen molar-refractivity contribution < 1.29 is 14.3 Å². The van der Waals surface area contributed by atoms with Gasteiger partial charge < -0.3 is 20.1 Å². The summed E-state index contributed by atoms with van der Waals surface area (Å²) < 4.78 is 10.4. The Morgan fingerprint density at radius 3 is 2.52 bits per heavy atom. The maximum Gasteiger partial charge on any atom is 0.319 e. The number of urea groups is 1. The average molecular weight is 337 g/mol. The minimum Gasteiger partial charge on any atom is -0.497 e. The van der Waals surface area contributed by atoms with E-state index in [1.165, 1.54) is 0 Å². The maximum atomic E-state index is 12.2. The largest absolute Gasteiger partial charge is 0.497 e. The first-order valence-corrected chi connectivity index (χ1v) is 7.80. The van der Waals surface area contributed by atoms with E-state index >= 15 is 0 Å². The van der Waals surface area contributed by atoms with Crippen LogP contribution >= 0.6 is 0 Å². The van der Waals surface area contributed by atoms with E-state index in [0.717, 1.165) is 16.7 Å². The van der Waals surface area contributed by atoms with Crippen molar-refractivity contribution in [2.24, 2.45) is 0 Å². The van der Waals surface area contributed by atoms with Crippen molar-refractivity contribution in [1.29, 1.82) is 0 Å². The van der Waals surface area contributed by atoms with Crippen LogP contribution in [0.5, 0.6) is 11.5 Å². The normalized spacial score (nSPS) is 10.3. The summed E-state index contributed by atoms with van der Waals surface area (Å²) >= 11 is 0. The van der Waals surface area contributed by atoms with E-state index in [9.17, 15) is 4.79 Å². The third-order valence-corrected chi connectivity index (χ3v) is 3.77. The van der Waals surface area contributed by atoms with Gasteiger partial charge in [-0.3, -0.25) is 4.98 Å². The molecule has 0 saturated carbocycles. The molecule has 2 N–H and O–H groups in total. The monoisotopic (exact) mass is 337 g/mol. The summed E-state index contributed by atoms with van der Waals surface area (Å²) in [6.07, 6.45) is 1.69. The van der Waals surface area contributed by atoms with E-state index in [1.54, 1.807) is 26.5 Å². The number of amides is 2. The molecule has 0 atom stereocenters. The predicted molar refractivity (Wildman–Crippen MR) is 97.1 cm³/mol. The number of carbonyl (C=O) groups excluding carboxylic acids is 1. The Morgan fingerprint density at radius 2 is 1.80 bits per heavy atom. The highest BCUT2D eigenvalue weighted by atomic mass is 16.5. The summed E-state index contributed by atoms with van der Waals surface area (Å²) in [4.78, 5) is 16.6. The second-order valence-electron chi connectivity index (χ2n) is 5.41. The molecule has 0 spiro atoms. The van der Waals surface area contributed by atoms with Crippen molar-refractivity contribution >= 4 is 22.6 Å². The number of pyridine rings is 1. The second kappa shape index (κ2) is 7.53. The van der Waals surface area contributed by atoms with Crippen molar-refractivity contribution in [1.82, 2.24) is 10.3 Å². The maximum absolute atomic E-state index is 12.2. The Labute approximate surface area is 145 Å².